The largest absolute Gasteiger partial charge is 0.378 e. The molecular weight excluding hydrogens is 238 g/mol. The maximum Gasteiger partial charge on any atom is 0.0925 e. The molecule has 19 heavy (non-hydrogen) atoms. The third kappa shape index (κ3) is 2.35. The van der Waals surface area contributed by atoms with Gasteiger partial charge in [0, 0.05) is 18.1 Å². The number of hydrogen-bond acceptors (Lipinski definition) is 3. The number of aryl methyl sites for hydroxylation is 1. The Morgan fingerprint density at radius 1 is 1.26 bits per heavy atom. The summed E-state index contributed by atoms with van der Waals surface area (Å²) >= 11 is 0. The van der Waals surface area contributed by atoms with E-state index in [1.807, 2.05) is 48.1 Å². The number of imidazole rings is 1. The molecule has 5 nitrogen and oxygen atoms in total. The first-order valence-corrected chi connectivity index (χ1v) is 6.16. The smallest absolute Gasteiger partial charge is 0.0925 e. The molecule has 0 unspecified atom stereocenters. The molecule has 0 saturated carbocycles. The maximum absolute atomic E-state index is 4.28. The average Bonchev–Trinajstić information content (AvgIpc) is 3.08. The molecule has 2 heterocycles. The molecule has 0 fully saturated rings. The van der Waals surface area contributed by atoms with Crippen LogP contribution in [0.4, 0.5) is 5.69 Å². The van der Waals surface area contributed by atoms with E-state index in [2.05, 4.69) is 20.4 Å². The molecule has 0 radical (unpaired) electrons. The number of hydrogen-bond donors (Lipinski definition) is 2. The van der Waals surface area contributed by atoms with Gasteiger partial charge in [-0.1, -0.05) is 12.1 Å². The second kappa shape index (κ2) is 4.97. The standard InChI is InChI=1S/C14H15N5/c1-11-13(17-10-16-11)9-15-12-5-2-3-6-14(12)19-8-4-7-18-19/h2-8,10,15H,9H2,1H3,(H,16,17). The molecule has 0 saturated heterocycles. The lowest BCUT2D eigenvalue weighted by Crippen LogP contribution is -2.05. The Kier molecular flexibility index (Phi) is 3.02. The minimum absolute atomic E-state index is 0.688. The third-order valence-corrected chi connectivity index (χ3v) is 3.04. The second-order valence-corrected chi connectivity index (χ2v) is 4.30. The zero-order valence-electron chi connectivity index (χ0n) is 10.7. The van der Waals surface area contributed by atoms with E-state index in [-0.39, 0.29) is 0 Å². The molecule has 0 aliphatic heterocycles. The van der Waals surface area contributed by atoms with Crippen LogP contribution in [0.5, 0.6) is 0 Å². The molecule has 2 aromatic heterocycles. The fourth-order valence-corrected chi connectivity index (χ4v) is 1.98. The predicted octanol–water partition coefficient (Wildman–Crippen LogP) is 2.52. The molecule has 0 amide bonds. The molecule has 0 bridgehead atoms. The zero-order chi connectivity index (χ0) is 13.1. The van der Waals surface area contributed by atoms with E-state index >= 15 is 0 Å². The summed E-state index contributed by atoms with van der Waals surface area (Å²) in [6, 6.07) is 10.00. The molecule has 5 heteroatoms. The van der Waals surface area contributed by atoms with Crippen molar-refractivity contribution in [2.45, 2.75) is 13.5 Å². The lowest BCUT2D eigenvalue weighted by Gasteiger charge is -2.11. The van der Waals surface area contributed by atoms with Gasteiger partial charge in [-0.2, -0.15) is 5.10 Å². The molecule has 1 aromatic carbocycles. The lowest BCUT2D eigenvalue weighted by molar-refractivity contribution is 0.878. The van der Waals surface area contributed by atoms with Gasteiger partial charge >= 0.3 is 0 Å². The van der Waals surface area contributed by atoms with Gasteiger partial charge in [0.1, 0.15) is 0 Å². The number of nitrogens with zero attached hydrogens (tertiary/aromatic N) is 3. The van der Waals surface area contributed by atoms with E-state index in [1.165, 1.54) is 0 Å². The van der Waals surface area contributed by atoms with Gasteiger partial charge in [-0.3, -0.25) is 0 Å². The number of anilines is 1. The van der Waals surface area contributed by atoms with Gasteiger partial charge in [0.15, 0.2) is 0 Å². The fraction of sp³-hybridized carbons (Fsp3) is 0.143. The van der Waals surface area contributed by atoms with Crippen LogP contribution < -0.4 is 5.32 Å². The summed E-state index contributed by atoms with van der Waals surface area (Å²) in [6.45, 7) is 2.71. The highest BCUT2D eigenvalue weighted by Crippen LogP contribution is 2.19. The maximum atomic E-state index is 4.28. The van der Waals surface area contributed by atoms with E-state index in [0.29, 0.717) is 6.54 Å². The van der Waals surface area contributed by atoms with Crippen LogP contribution in [0.25, 0.3) is 5.69 Å². The molecule has 2 N–H and O–H groups in total. The van der Waals surface area contributed by atoms with Gasteiger partial charge in [-0.25, -0.2) is 9.67 Å². The highest BCUT2D eigenvalue weighted by molar-refractivity contribution is 5.60. The third-order valence-electron chi connectivity index (χ3n) is 3.04. The summed E-state index contributed by atoms with van der Waals surface area (Å²) in [5, 5.41) is 7.67. The minimum Gasteiger partial charge on any atom is -0.378 e. The van der Waals surface area contributed by atoms with Crippen molar-refractivity contribution in [1.29, 1.82) is 0 Å². The van der Waals surface area contributed by atoms with E-state index in [0.717, 1.165) is 22.8 Å². The van der Waals surface area contributed by atoms with Crippen LogP contribution in [-0.4, -0.2) is 19.7 Å². The first-order valence-electron chi connectivity index (χ1n) is 6.16. The van der Waals surface area contributed by atoms with Gasteiger partial charge in [-0.05, 0) is 25.1 Å². The van der Waals surface area contributed by atoms with Crippen LogP contribution in [0.2, 0.25) is 0 Å². The Labute approximate surface area is 111 Å². The van der Waals surface area contributed by atoms with Crippen LogP contribution in [0.1, 0.15) is 11.4 Å². The average molecular weight is 253 g/mol. The first-order chi connectivity index (χ1) is 9.34. The molecule has 0 atom stereocenters. The highest BCUT2D eigenvalue weighted by Gasteiger charge is 2.05. The number of H-pyrrole nitrogens is 1. The summed E-state index contributed by atoms with van der Waals surface area (Å²) in [7, 11) is 0. The topological polar surface area (TPSA) is 58.5 Å². The molecular formula is C14H15N5. The van der Waals surface area contributed by atoms with Crippen LogP contribution in [0.3, 0.4) is 0 Å². The van der Waals surface area contributed by atoms with Crippen molar-refractivity contribution in [2.75, 3.05) is 5.32 Å². The van der Waals surface area contributed by atoms with E-state index < -0.39 is 0 Å². The van der Waals surface area contributed by atoms with Gasteiger partial charge in [-0.15, -0.1) is 0 Å². The number of benzene rings is 1. The Bertz CT molecular complexity index is 654. The van der Waals surface area contributed by atoms with Crippen molar-refractivity contribution in [2.24, 2.45) is 0 Å². The van der Waals surface area contributed by atoms with Crippen LogP contribution >= 0.6 is 0 Å². The van der Waals surface area contributed by atoms with Crippen LogP contribution in [-0.2, 0) is 6.54 Å². The second-order valence-electron chi connectivity index (χ2n) is 4.30. The molecule has 3 rings (SSSR count). The molecule has 3 aromatic rings. The first kappa shape index (κ1) is 11.5. The lowest BCUT2D eigenvalue weighted by atomic mass is 10.2. The van der Waals surface area contributed by atoms with E-state index in [4.69, 9.17) is 0 Å². The summed E-state index contributed by atoms with van der Waals surface area (Å²) < 4.78 is 1.85. The number of rotatable bonds is 4. The fourth-order valence-electron chi connectivity index (χ4n) is 1.98. The van der Waals surface area contributed by atoms with Crippen LogP contribution in [0.15, 0.2) is 49.1 Å². The van der Waals surface area contributed by atoms with Crippen LogP contribution in [0, 0.1) is 6.92 Å². The summed E-state index contributed by atoms with van der Waals surface area (Å²) in [6.07, 6.45) is 5.42. The summed E-state index contributed by atoms with van der Waals surface area (Å²) in [4.78, 5) is 7.36. The summed E-state index contributed by atoms with van der Waals surface area (Å²) in [5.41, 5.74) is 4.17. The summed E-state index contributed by atoms with van der Waals surface area (Å²) in [5.74, 6) is 0. The molecule has 0 spiro atoms. The number of aromatic amines is 1. The van der Waals surface area contributed by atoms with Gasteiger partial charge in [0.25, 0.3) is 0 Å². The Morgan fingerprint density at radius 2 is 2.16 bits per heavy atom. The van der Waals surface area contributed by atoms with E-state index in [9.17, 15) is 0 Å². The van der Waals surface area contributed by atoms with Crippen molar-refractivity contribution in [3.8, 4) is 5.69 Å². The Balaban J connectivity index is 1.84. The molecule has 0 aliphatic carbocycles. The van der Waals surface area contributed by atoms with Crippen molar-refractivity contribution in [3.05, 3.63) is 60.4 Å². The monoisotopic (exact) mass is 253 g/mol. The SMILES string of the molecule is Cc1[nH]cnc1CNc1ccccc1-n1cccn1. The zero-order valence-corrected chi connectivity index (χ0v) is 10.7. The quantitative estimate of drug-likeness (QED) is 0.751. The number of para-hydroxylation sites is 2. The van der Waals surface area contributed by atoms with E-state index in [1.54, 1.807) is 12.5 Å². The highest BCUT2D eigenvalue weighted by atomic mass is 15.3. The van der Waals surface area contributed by atoms with Crippen molar-refractivity contribution in [1.82, 2.24) is 19.7 Å². The predicted molar refractivity (Wildman–Crippen MR) is 74.2 cm³/mol. The van der Waals surface area contributed by atoms with Crippen molar-refractivity contribution < 1.29 is 0 Å². The van der Waals surface area contributed by atoms with Crippen molar-refractivity contribution in [3.63, 3.8) is 0 Å². The van der Waals surface area contributed by atoms with Gasteiger partial charge < -0.3 is 10.3 Å². The molecule has 0 aliphatic rings. The van der Waals surface area contributed by atoms with Gasteiger partial charge in [0.2, 0.25) is 0 Å². The van der Waals surface area contributed by atoms with Crippen molar-refractivity contribution >= 4 is 5.69 Å². The Hall–Kier alpha value is -2.56. The minimum atomic E-state index is 0.688. The Morgan fingerprint density at radius 3 is 2.89 bits per heavy atom. The molecule has 96 valence electrons. The number of aromatic nitrogens is 4. The van der Waals surface area contributed by atoms with Gasteiger partial charge in [0.05, 0.1) is 29.9 Å². The normalized spacial score (nSPS) is 10.6. The number of nitrogens with one attached hydrogen (secondary N) is 2.